The summed E-state index contributed by atoms with van der Waals surface area (Å²) in [6, 6.07) is 0. The molecule has 2 aromatic heterocycles. The van der Waals surface area contributed by atoms with Crippen LogP contribution in [0.2, 0.25) is 0 Å². The maximum Gasteiger partial charge on any atom is 0.0534 e. The predicted octanol–water partition coefficient (Wildman–Crippen LogP) is 1.64. The van der Waals surface area contributed by atoms with E-state index in [2.05, 4.69) is 32.4 Å². The molecular formula is C18H28N6. The van der Waals surface area contributed by atoms with E-state index in [1.165, 1.54) is 56.6 Å². The van der Waals surface area contributed by atoms with Crippen LogP contribution >= 0.6 is 0 Å². The van der Waals surface area contributed by atoms with Gasteiger partial charge in [-0.2, -0.15) is 10.2 Å². The predicted molar refractivity (Wildman–Crippen MR) is 93.3 cm³/mol. The maximum atomic E-state index is 4.31. The van der Waals surface area contributed by atoms with Crippen LogP contribution in [0.15, 0.2) is 24.8 Å². The van der Waals surface area contributed by atoms with E-state index in [1.54, 1.807) is 0 Å². The molecule has 6 heteroatoms. The molecule has 6 nitrogen and oxygen atoms in total. The monoisotopic (exact) mass is 328 g/mol. The second-order valence-electron chi connectivity index (χ2n) is 7.82. The standard InChI is InChI=1S/C18H28N6/c1-21-10-16(8-19-21)12-23-6-3-4-18(14-23)5-7-24(15-18)13-17-9-20-22(2)11-17/h8-11H,3-7,12-15H2,1-2H3. The van der Waals surface area contributed by atoms with Gasteiger partial charge in [-0.15, -0.1) is 0 Å². The van der Waals surface area contributed by atoms with Gasteiger partial charge >= 0.3 is 0 Å². The summed E-state index contributed by atoms with van der Waals surface area (Å²) in [5.74, 6) is 0. The Morgan fingerprint density at radius 2 is 1.46 bits per heavy atom. The average Bonchev–Trinajstić information content (AvgIpc) is 3.23. The molecule has 0 radical (unpaired) electrons. The largest absolute Gasteiger partial charge is 0.298 e. The Hall–Kier alpha value is -1.66. The summed E-state index contributed by atoms with van der Waals surface area (Å²) in [6.45, 7) is 6.97. The Balaban J connectivity index is 1.36. The van der Waals surface area contributed by atoms with E-state index in [9.17, 15) is 0 Å². The van der Waals surface area contributed by atoms with Crippen LogP contribution in [0.25, 0.3) is 0 Å². The zero-order valence-corrected chi connectivity index (χ0v) is 14.9. The van der Waals surface area contributed by atoms with Gasteiger partial charge in [0.1, 0.15) is 0 Å². The number of hydrogen-bond donors (Lipinski definition) is 0. The molecule has 2 aliphatic rings. The highest BCUT2D eigenvalue weighted by Gasteiger charge is 2.41. The van der Waals surface area contributed by atoms with Gasteiger partial charge < -0.3 is 0 Å². The van der Waals surface area contributed by atoms with Crippen molar-refractivity contribution in [2.45, 2.75) is 32.4 Å². The third kappa shape index (κ3) is 3.39. The lowest BCUT2D eigenvalue weighted by atomic mass is 9.79. The third-order valence-corrected chi connectivity index (χ3v) is 5.59. The topological polar surface area (TPSA) is 42.1 Å². The van der Waals surface area contributed by atoms with Crippen LogP contribution in [0.1, 0.15) is 30.4 Å². The lowest BCUT2D eigenvalue weighted by Crippen LogP contribution is -2.44. The van der Waals surface area contributed by atoms with E-state index in [0.29, 0.717) is 5.41 Å². The quantitative estimate of drug-likeness (QED) is 0.856. The summed E-state index contributed by atoms with van der Waals surface area (Å²) in [5, 5.41) is 8.60. The number of nitrogens with zero attached hydrogens (tertiary/aromatic N) is 6. The molecule has 0 N–H and O–H groups in total. The first-order valence-corrected chi connectivity index (χ1v) is 9.00. The normalized spacial score (nSPS) is 25.8. The first-order valence-electron chi connectivity index (χ1n) is 9.00. The molecule has 0 bridgehead atoms. The van der Waals surface area contributed by atoms with Crippen molar-refractivity contribution in [2.24, 2.45) is 19.5 Å². The van der Waals surface area contributed by atoms with Crippen molar-refractivity contribution in [3.8, 4) is 0 Å². The average molecular weight is 328 g/mol. The highest BCUT2D eigenvalue weighted by Crippen LogP contribution is 2.39. The van der Waals surface area contributed by atoms with E-state index in [1.807, 2.05) is 35.9 Å². The number of piperidine rings is 1. The van der Waals surface area contributed by atoms with Gasteiger partial charge in [-0.25, -0.2) is 0 Å². The van der Waals surface area contributed by atoms with E-state index in [4.69, 9.17) is 0 Å². The van der Waals surface area contributed by atoms with E-state index in [-0.39, 0.29) is 0 Å². The summed E-state index contributed by atoms with van der Waals surface area (Å²) in [7, 11) is 3.99. The number of rotatable bonds is 4. The Labute approximate surface area is 144 Å². The summed E-state index contributed by atoms with van der Waals surface area (Å²) < 4.78 is 3.80. The second-order valence-corrected chi connectivity index (χ2v) is 7.82. The molecule has 24 heavy (non-hydrogen) atoms. The minimum atomic E-state index is 0.489. The fraction of sp³-hybridized carbons (Fsp3) is 0.667. The summed E-state index contributed by atoms with van der Waals surface area (Å²) >= 11 is 0. The first-order chi connectivity index (χ1) is 11.6. The molecule has 1 atom stereocenters. The van der Waals surface area contributed by atoms with Crippen LogP contribution in [0.3, 0.4) is 0 Å². The molecule has 0 aliphatic carbocycles. The van der Waals surface area contributed by atoms with Gasteiger partial charge in [0, 0.05) is 63.8 Å². The molecule has 2 aliphatic heterocycles. The molecular weight excluding hydrogens is 300 g/mol. The van der Waals surface area contributed by atoms with Gasteiger partial charge in [0.15, 0.2) is 0 Å². The molecule has 4 heterocycles. The van der Waals surface area contributed by atoms with Gasteiger partial charge in [0.05, 0.1) is 12.4 Å². The van der Waals surface area contributed by atoms with Crippen LogP contribution in [-0.2, 0) is 27.2 Å². The van der Waals surface area contributed by atoms with E-state index < -0.39 is 0 Å². The van der Waals surface area contributed by atoms with Crippen molar-refractivity contribution >= 4 is 0 Å². The molecule has 2 aromatic rings. The lowest BCUT2D eigenvalue weighted by molar-refractivity contribution is 0.0866. The fourth-order valence-electron chi connectivity index (χ4n) is 4.56. The zero-order valence-electron chi connectivity index (χ0n) is 14.9. The molecule has 1 spiro atoms. The van der Waals surface area contributed by atoms with Gasteiger partial charge in [-0.1, -0.05) is 0 Å². The van der Waals surface area contributed by atoms with Crippen molar-refractivity contribution in [2.75, 3.05) is 26.2 Å². The third-order valence-electron chi connectivity index (χ3n) is 5.59. The van der Waals surface area contributed by atoms with Crippen molar-refractivity contribution in [3.63, 3.8) is 0 Å². The Bertz CT molecular complexity index is 689. The lowest BCUT2D eigenvalue weighted by Gasteiger charge is -2.40. The van der Waals surface area contributed by atoms with E-state index in [0.717, 1.165) is 13.1 Å². The zero-order chi connectivity index (χ0) is 16.6. The summed E-state index contributed by atoms with van der Waals surface area (Å²) in [6.07, 6.45) is 12.3. The number of likely N-dealkylation sites (tertiary alicyclic amines) is 2. The fourth-order valence-corrected chi connectivity index (χ4v) is 4.56. The molecule has 0 saturated carbocycles. The molecule has 2 saturated heterocycles. The number of hydrogen-bond acceptors (Lipinski definition) is 4. The molecule has 2 fully saturated rings. The van der Waals surface area contributed by atoms with E-state index >= 15 is 0 Å². The van der Waals surface area contributed by atoms with Crippen molar-refractivity contribution in [1.29, 1.82) is 0 Å². The summed E-state index contributed by atoms with van der Waals surface area (Å²) in [5.41, 5.74) is 3.15. The highest BCUT2D eigenvalue weighted by molar-refractivity contribution is 5.07. The summed E-state index contributed by atoms with van der Waals surface area (Å²) in [4.78, 5) is 5.25. The van der Waals surface area contributed by atoms with Gasteiger partial charge in [0.25, 0.3) is 0 Å². The Morgan fingerprint density at radius 3 is 2.00 bits per heavy atom. The van der Waals surface area contributed by atoms with Crippen molar-refractivity contribution in [1.82, 2.24) is 29.4 Å². The van der Waals surface area contributed by atoms with Gasteiger partial charge in [-0.05, 0) is 37.8 Å². The minimum absolute atomic E-state index is 0.489. The smallest absolute Gasteiger partial charge is 0.0534 e. The molecule has 0 amide bonds. The van der Waals surface area contributed by atoms with Gasteiger partial charge in [0.2, 0.25) is 0 Å². The second kappa shape index (κ2) is 6.33. The van der Waals surface area contributed by atoms with Crippen molar-refractivity contribution in [3.05, 3.63) is 35.9 Å². The van der Waals surface area contributed by atoms with Crippen molar-refractivity contribution < 1.29 is 0 Å². The Morgan fingerprint density at radius 1 is 0.875 bits per heavy atom. The van der Waals surface area contributed by atoms with Crippen LogP contribution in [0, 0.1) is 5.41 Å². The van der Waals surface area contributed by atoms with Crippen LogP contribution < -0.4 is 0 Å². The van der Waals surface area contributed by atoms with Crippen LogP contribution in [-0.4, -0.2) is 55.5 Å². The molecule has 1 unspecified atom stereocenters. The SMILES string of the molecule is Cn1cc(CN2CCCC3(CCN(Cc4cnn(C)c4)C3)C2)cn1. The number of aromatic nitrogens is 4. The molecule has 4 rings (SSSR count). The maximum absolute atomic E-state index is 4.31. The Kier molecular flexibility index (Phi) is 4.18. The molecule has 0 aromatic carbocycles. The highest BCUT2D eigenvalue weighted by atomic mass is 15.3. The first kappa shape index (κ1) is 15.8. The molecule has 130 valence electrons. The minimum Gasteiger partial charge on any atom is -0.298 e. The van der Waals surface area contributed by atoms with Crippen LogP contribution in [0.4, 0.5) is 0 Å². The van der Waals surface area contributed by atoms with Gasteiger partial charge in [-0.3, -0.25) is 19.2 Å². The van der Waals surface area contributed by atoms with Crippen LogP contribution in [0.5, 0.6) is 0 Å². The number of aryl methyl sites for hydroxylation is 2.